The van der Waals surface area contributed by atoms with Gasteiger partial charge in [0.25, 0.3) is 5.69 Å². The third kappa shape index (κ3) is 3.56. The number of nitrogens with one attached hydrogen (secondary N) is 1. The van der Waals surface area contributed by atoms with E-state index in [9.17, 15) is 10.1 Å². The number of nitro benzene ring substituents is 1. The van der Waals surface area contributed by atoms with Gasteiger partial charge in [0.1, 0.15) is 11.4 Å². The van der Waals surface area contributed by atoms with Gasteiger partial charge in [-0.3, -0.25) is 10.1 Å². The summed E-state index contributed by atoms with van der Waals surface area (Å²) < 4.78 is 5.23. The lowest BCUT2D eigenvalue weighted by atomic mass is 10.2. The van der Waals surface area contributed by atoms with Crippen LogP contribution in [-0.2, 0) is 6.54 Å². The van der Waals surface area contributed by atoms with Crippen LogP contribution in [0.2, 0.25) is 10.0 Å². The maximum atomic E-state index is 11.0. The molecule has 0 radical (unpaired) electrons. The fraction of sp³-hybridized carbons (Fsp3) is 0.143. The fourth-order valence-electron chi connectivity index (χ4n) is 1.89. The van der Waals surface area contributed by atoms with Gasteiger partial charge < -0.3 is 10.1 Å². The summed E-state index contributed by atoms with van der Waals surface area (Å²) >= 11 is 12.0. The van der Waals surface area contributed by atoms with Crippen molar-refractivity contribution in [1.29, 1.82) is 0 Å². The molecule has 0 aliphatic heterocycles. The van der Waals surface area contributed by atoms with E-state index in [4.69, 9.17) is 27.9 Å². The molecule has 1 N–H and O–H groups in total. The molecule has 0 aliphatic rings. The van der Waals surface area contributed by atoms with Crippen LogP contribution in [0.1, 0.15) is 5.56 Å². The minimum absolute atomic E-state index is 0.0505. The number of halogens is 2. The fourth-order valence-corrected chi connectivity index (χ4v) is 2.30. The zero-order valence-electron chi connectivity index (χ0n) is 11.1. The predicted octanol–water partition coefficient (Wildman–Crippen LogP) is 4.52. The first-order valence-corrected chi connectivity index (χ1v) is 6.77. The molecule has 7 heteroatoms. The van der Waals surface area contributed by atoms with E-state index in [2.05, 4.69) is 5.32 Å². The van der Waals surface area contributed by atoms with E-state index in [1.807, 2.05) is 0 Å². The molecule has 0 aliphatic carbocycles. The van der Waals surface area contributed by atoms with Gasteiger partial charge in [0.05, 0.1) is 12.0 Å². The third-order valence-corrected chi connectivity index (χ3v) is 3.50. The van der Waals surface area contributed by atoms with Gasteiger partial charge in [-0.25, -0.2) is 0 Å². The van der Waals surface area contributed by atoms with Crippen LogP contribution in [0.4, 0.5) is 11.4 Å². The number of benzene rings is 2. The van der Waals surface area contributed by atoms with Gasteiger partial charge in [-0.2, -0.15) is 0 Å². The Morgan fingerprint density at radius 1 is 1.29 bits per heavy atom. The molecule has 2 aromatic carbocycles. The average Bonchev–Trinajstić information content (AvgIpc) is 2.45. The van der Waals surface area contributed by atoms with Crippen molar-refractivity contribution in [2.75, 3.05) is 12.4 Å². The molecule has 0 aromatic heterocycles. The van der Waals surface area contributed by atoms with Gasteiger partial charge in [0.15, 0.2) is 0 Å². The lowest BCUT2D eigenvalue weighted by Crippen LogP contribution is -2.04. The van der Waals surface area contributed by atoms with E-state index in [1.165, 1.54) is 25.3 Å². The van der Waals surface area contributed by atoms with E-state index in [-0.39, 0.29) is 12.2 Å². The summed E-state index contributed by atoms with van der Waals surface area (Å²) in [5.41, 5.74) is 0.996. The number of hydrogen-bond acceptors (Lipinski definition) is 4. The highest BCUT2D eigenvalue weighted by atomic mass is 35.5. The van der Waals surface area contributed by atoms with E-state index < -0.39 is 4.92 Å². The molecule has 110 valence electrons. The van der Waals surface area contributed by atoms with Crippen molar-refractivity contribution < 1.29 is 9.66 Å². The molecule has 2 rings (SSSR count). The van der Waals surface area contributed by atoms with Crippen molar-refractivity contribution >= 4 is 34.6 Å². The third-order valence-electron chi connectivity index (χ3n) is 2.91. The molecule has 0 atom stereocenters. The second-order valence-corrected chi connectivity index (χ2v) is 5.04. The van der Waals surface area contributed by atoms with Gasteiger partial charge in [-0.1, -0.05) is 29.3 Å². The van der Waals surface area contributed by atoms with Crippen molar-refractivity contribution in [3.05, 3.63) is 62.1 Å². The quantitative estimate of drug-likeness (QED) is 0.648. The molecule has 5 nitrogen and oxygen atoms in total. The first-order chi connectivity index (χ1) is 10.0. The van der Waals surface area contributed by atoms with Crippen molar-refractivity contribution in [2.24, 2.45) is 0 Å². The second kappa shape index (κ2) is 6.65. The first-order valence-electron chi connectivity index (χ1n) is 6.02. The number of ether oxygens (including phenoxy) is 1. The van der Waals surface area contributed by atoms with Crippen LogP contribution >= 0.6 is 23.2 Å². The second-order valence-electron chi connectivity index (χ2n) is 4.19. The zero-order valence-corrected chi connectivity index (χ0v) is 12.6. The van der Waals surface area contributed by atoms with Crippen LogP contribution < -0.4 is 10.1 Å². The van der Waals surface area contributed by atoms with Gasteiger partial charge >= 0.3 is 0 Å². The Kier molecular flexibility index (Phi) is 4.88. The summed E-state index contributed by atoms with van der Waals surface area (Å²) in [5, 5.41) is 14.9. The topological polar surface area (TPSA) is 64.4 Å². The van der Waals surface area contributed by atoms with Crippen LogP contribution in [0.5, 0.6) is 5.75 Å². The van der Waals surface area contributed by atoms with Crippen molar-refractivity contribution in [3.8, 4) is 5.75 Å². The summed E-state index contributed by atoms with van der Waals surface area (Å²) in [6.45, 7) is 0.282. The Morgan fingerprint density at radius 3 is 2.71 bits per heavy atom. The van der Waals surface area contributed by atoms with Crippen LogP contribution in [-0.4, -0.2) is 12.0 Å². The van der Waals surface area contributed by atoms with Crippen LogP contribution in [0.3, 0.4) is 0 Å². The number of nitrogens with zero attached hydrogens (tertiary/aromatic N) is 1. The summed E-state index contributed by atoms with van der Waals surface area (Å²) in [6, 6.07) is 9.60. The molecular formula is C14H12Cl2N2O3. The van der Waals surface area contributed by atoms with Crippen LogP contribution in [0.25, 0.3) is 0 Å². The number of rotatable bonds is 5. The Bertz CT molecular complexity index is 677. The molecule has 0 heterocycles. The number of hydrogen-bond donors (Lipinski definition) is 1. The summed E-state index contributed by atoms with van der Waals surface area (Å²) in [5.74, 6) is 0.611. The van der Waals surface area contributed by atoms with E-state index in [0.29, 0.717) is 21.5 Å². The van der Waals surface area contributed by atoms with Gasteiger partial charge in [0, 0.05) is 28.2 Å². The summed E-state index contributed by atoms with van der Waals surface area (Å²) in [6.07, 6.45) is 0. The molecule has 21 heavy (non-hydrogen) atoms. The van der Waals surface area contributed by atoms with Crippen molar-refractivity contribution in [1.82, 2.24) is 0 Å². The SMILES string of the molecule is COc1cccc(Cl)c1CNc1cc(Cl)ccc1[N+](=O)[O-]. The molecule has 0 saturated carbocycles. The number of nitro groups is 1. The lowest BCUT2D eigenvalue weighted by molar-refractivity contribution is -0.384. The van der Waals surface area contributed by atoms with Crippen LogP contribution in [0, 0.1) is 10.1 Å². The molecule has 0 unspecified atom stereocenters. The van der Waals surface area contributed by atoms with Crippen molar-refractivity contribution in [3.63, 3.8) is 0 Å². The van der Waals surface area contributed by atoms with Gasteiger partial charge in [-0.15, -0.1) is 0 Å². The molecule has 0 fully saturated rings. The van der Waals surface area contributed by atoms with E-state index >= 15 is 0 Å². The minimum Gasteiger partial charge on any atom is -0.496 e. The first kappa shape index (κ1) is 15.4. The van der Waals surface area contributed by atoms with E-state index in [1.54, 1.807) is 18.2 Å². The maximum Gasteiger partial charge on any atom is 0.292 e. The molecule has 2 aromatic rings. The largest absolute Gasteiger partial charge is 0.496 e. The highest BCUT2D eigenvalue weighted by Gasteiger charge is 2.15. The summed E-state index contributed by atoms with van der Waals surface area (Å²) in [7, 11) is 1.54. The summed E-state index contributed by atoms with van der Waals surface area (Å²) in [4.78, 5) is 10.5. The highest BCUT2D eigenvalue weighted by Crippen LogP contribution is 2.31. The lowest BCUT2D eigenvalue weighted by Gasteiger charge is -2.12. The Morgan fingerprint density at radius 2 is 2.05 bits per heavy atom. The molecular weight excluding hydrogens is 315 g/mol. The smallest absolute Gasteiger partial charge is 0.292 e. The minimum atomic E-state index is -0.470. The van der Waals surface area contributed by atoms with Crippen molar-refractivity contribution in [2.45, 2.75) is 6.54 Å². The Hall–Kier alpha value is -1.98. The molecule has 0 spiro atoms. The van der Waals surface area contributed by atoms with E-state index in [0.717, 1.165) is 5.56 Å². The maximum absolute atomic E-state index is 11.0. The molecule has 0 bridgehead atoms. The molecule has 0 amide bonds. The predicted molar refractivity (Wildman–Crippen MR) is 83.4 cm³/mol. The van der Waals surface area contributed by atoms with Crippen LogP contribution in [0.15, 0.2) is 36.4 Å². The zero-order chi connectivity index (χ0) is 15.4. The standard InChI is InChI=1S/C14H12Cl2N2O3/c1-21-14-4-2-3-11(16)10(14)8-17-12-7-9(15)5-6-13(12)18(19)20/h2-7,17H,8H2,1H3. The normalized spacial score (nSPS) is 10.2. The average molecular weight is 327 g/mol. The number of anilines is 1. The highest BCUT2D eigenvalue weighted by molar-refractivity contribution is 6.31. The van der Waals surface area contributed by atoms with Gasteiger partial charge in [-0.05, 0) is 24.3 Å². The monoisotopic (exact) mass is 326 g/mol. The Labute approximate surface area is 131 Å². The Balaban J connectivity index is 2.28. The molecule has 0 saturated heterocycles. The number of methoxy groups -OCH3 is 1. The van der Waals surface area contributed by atoms with Gasteiger partial charge in [0.2, 0.25) is 0 Å².